The summed E-state index contributed by atoms with van der Waals surface area (Å²) in [5.41, 5.74) is 1.76. The lowest BCUT2D eigenvalue weighted by Gasteiger charge is -2.15. The van der Waals surface area contributed by atoms with Crippen molar-refractivity contribution in [3.05, 3.63) is 53.3 Å². The van der Waals surface area contributed by atoms with Crippen LogP contribution in [0.1, 0.15) is 24.2 Å². The molecule has 146 valence electrons. The predicted molar refractivity (Wildman–Crippen MR) is 105 cm³/mol. The number of hydrogen-bond acceptors (Lipinski definition) is 6. The fourth-order valence-corrected chi connectivity index (χ4v) is 2.69. The molecule has 0 saturated heterocycles. The first-order valence-corrected chi connectivity index (χ1v) is 9.01. The molecule has 0 unspecified atom stereocenters. The molecule has 28 heavy (non-hydrogen) atoms. The molecule has 0 bridgehead atoms. The van der Waals surface area contributed by atoms with Crippen LogP contribution >= 0.6 is 11.6 Å². The minimum absolute atomic E-state index is 0.314. The molecule has 1 amide bonds. The van der Waals surface area contributed by atoms with Crippen LogP contribution in [0.2, 0.25) is 5.02 Å². The minimum Gasteiger partial charge on any atom is -0.493 e. The van der Waals surface area contributed by atoms with E-state index in [1.165, 1.54) is 18.1 Å². The summed E-state index contributed by atoms with van der Waals surface area (Å²) >= 11 is 6.32. The van der Waals surface area contributed by atoms with Gasteiger partial charge in [0.1, 0.15) is 6.33 Å². The third-order valence-corrected chi connectivity index (χ3v) is 4.07. The lowest BCUT2D eigenvalue weighted by Crippen LogP contribution is -2.13. The number of ether oxygens (including phenoxy) is 2. The van der Waals surface area contributed by atoms with Gasteiger partial charge in [0, 0.05) is 11.3 Å². The molecule has 8 nitrogen and oxygen atoms in total. The average Bonchev–Trinajstić information content (AvgIpc) is 3.21. The van der Waals surface area contributed by atoms with Crippen molar-refractivity contribution in [1.82, 2.24) is 20.2 Å². The molecule has 0 aliphatic rings. The summed E-state index contributed by atoms with van der Waals surface area (Å²) in [6, 6.07) is 10.3. The van der Waals surface area contributed by atoms with Gasteiger partial charge in [0.05, 0.1) is 24.4 Å². The second kappa shape index (κ2) is 8.71. The number of carbonyl (C=O) groups excluding carboxylic acids is 1. The second-order valence-electron chi connectivity index (χ2n) is 6.45. The van der Waals surface area contributed by atoms with Crippen molar-refractivity contribution in [3.8, 4) is 17.2 Å². The number of anilines is 1. The minimum atomic E-state index is -0.314. The number of methoxy groups -OCH3 is 1. The van der Waals surface area contributed by atoms with E-state index in [2.05, 4.69) is 20.8 Å². The highest BCUT2D eigenvalue weighted by atomic mass is 35.5. The van der Waals surface area contributed by atoms with Crippen LogP contribution in [0.3, 0.4) is 0 Å². The molecule has 1 N–H and O–H groups in total. The van der Waals surface area contributed by atoms with Gasteiger partial charge < -0.3 is 14.8 Å². The van der Waals surface area contributed by atoms with Crippen LogP contribution in [-0.4, -0.2) is 39.8 Å². The Bertz CT molecular complexity index is 943. The molecule has 1 heterocycles. The molecule has 0 aliphatic heterocycles. The van der Waals surface area contributed by atoms with Gasteiger partial charge in [0.25, 0.3) is 5.91 Å². The molecule has 0 saturated carbocycles. The Morgan fingerprint density at radius 2 is 2.00 bits per heavy atom. The molecule has 2 aromatic carbocycles. The molecular weight excluding hydrogens is 382 g/mol. The van der Waals surface area contributed by atoms with Crippen molar-refractivity contribution in [2.75, 3.05) is 19.0 Å². The van der Waals surface area contributed by atoms with Crippen LogP contribution in [0.15, 0.2) is 42.7 Å². The van der Waals surface area contributed by atoms with E-state index in [0.29, 0.717) is 40.3 Å². The van der Waals surface area contributed by atoms with Crippen molar-refractivity contribution < 1.29 is 14.3 Å². The third-order valence-electron chi connectivity index (χ3n) is 3.79. The average molecular weight is 402 g/mol. The van der Waals surface area contributed by atoms with Gasteiger partial charge in [0.2, 0.25) is 0 Å². The fraction of sp³-hybridized carbons (Fsp3) is 0.263. The molecule has 1 aromatic heterocycles. The Morgan fingerprint density at radius 3 is 2.61 bits per heavy atom. The topological polar surface area (TPSA) is 91.2 Å². The van der Waals surface area contributed by atoms with Gasteiger partial charge in [-0.2, -0.15) is 0 Å². The SMILES string of the molecule is COc1cc(C(=O)Nc2ccc(-n3cnnn3)cc2)cc(Cl)c1OCC(C)C. The van der Waals surface area contributed by atoms with Crippen LogP contribution in [0.25, 0.3) is 5.69 Å². The zero-order valence-electron chi connectivity index (χ0n) is 15.7. The normalized spacial score (nSPS) is 10.8. The predicted octanol–water partition coefficient (Wildman–Crippen LogP) is 3.61. The summed E-state index contributed by atoms with van der Waals surface area (Å²) < 4.78 is 12.6. The molecule has 0 fully saturated rings. The van der Waals surface area contributed by atoms with E-state index in [0.717, 1.165) is 5.69 Å². The number of rotatable bonds is 7. The molecule has 9 heteroatoms. The van der Waals surface area contributed by atoms with E-state index in [1.807, 2.05) is 13.8 Å². The van der Waals surface area contributed by atoms with Crippen LogP contribution < -0.4 is 14.8 Å². The maximum Gasteiger partial charge on any atom is 0.255 e. The number of amides is 1. The Balaban J connectivity index is 1.76. The van der Waals surface area contributed by atoms with E-state index in [4.69, 9.17) is 21.1 Å². The number of aromatic nitrogens is 4. The number of nitrogens with one attached hydrogen (secondary N) is 1. The standard InChI is InChI=1S/C19H20ClN5O3/c1-12(2)10-28-18-16(20)8-13(9-17(18)27-3)19(26)22-14-4-6-15(7-5-14)25-11-21-23-24-25/h4-9,11-12H,10H2,1-3H3,(H,22,26). The van der Waals surface area contributed by atoms with E-state index in [9.17, 15) is 4.79 Å². The zero-order valence-corrected chi connectivity index (χ0v) is 16.5. The summed E-state index contributed by atoms with van der Waals surface area (Å²) in [4.78, 5) is 12.6. The van der Waals surface area contributed by atoms with Gasteiger partial charge >= 0.3 is 0 Å². The summed E-state index contributed by atoms with van der Waals surface area (Å²) in [5, 5.41) is 14.1. The number of halogens is 1. The number of hydrogen-bond donors (Lipinski definition) is 1. The highest BCUT2D eigenvalue weighted by molar-refractivity contribution is 6.32. The zero-order chi connectivity index (χ0) is 20.1. The van der Waals surface area contributed by atoms with Gasteiger partial charge in [-0.25, -0.2) is 4.68 Å². The molecular formula is C19H20ClN5O3. The first-order valence-electron chi connectivity index (χ1n) is 8.63. The van der Waals surface area contributed by atoms with Crippen molar-refractivity contribution >= 4 is 23.2 Å². The first kappa shape index (κ1) is 19.6. The first-order chi connectivity index (χ1) is 13.5. The van der Waals surface area contributed by atoms with Crippen LogP contribution in [0.5, 0.6) is 11.5 Å². The molecule has 0 spiro atoms. The summed E-state index contributed by atoms with van der Waals surface area (Å²) in [6.07, 6.45) is 1.49. The Hall–Kier alpha value is -3.13. The smallest absolute Gasteiger partial charge is 0.255 e. The lowest BCUT2D eigenvalue weighted by atomic mass is 10.1. The van der Waals surface area contributed by atoms with Gasteiger partial charge in [-0.3, -0.25) is 4.79 Å². The molecule has 3 aromatic rings. The monoisotopic (exact) mass is 401 g/mol. The summed E-state index contributed by atoms with van der Waals surface area (Å²) in [6.45, 7) is 4.56. The fourth-order valence-electron chi connectivity index (χ4n) is 2.42. The third kappa shape index (κ3) is 4.58. The van der Waals surface area contributed by atoms with Gasteiger partial charge in [0.15, 0.2) is 11.5 Å². The van der Waals surface area contributed by atoms with Crippen LogP contribution in [0, 0.1) is 5.92 Å². The van der Waals surface area contributed by atoms with Crippen molar-refractivity contribution in [2.45, 2.75) is 13.8 Å². The van der Waals surface area contributed by atoms with Gasteiger partial charge in [-0.15, -0.1) is 5.10 Å². The van der Waals surface area contributed by atoms with E-state index >= 15 is 0 Å². The highest BCUT2D eigenvalue weighted by Gasteiger charge is 2.16. The number of carbonyl (C=O) groups is 1. The second-order valence-corrected chi connectivity index (χ2v) is 6.86. The van der Waals surface area contributed by atoms with Gasteiger partial charge in [-0.1, -0.05) is 25.4 Å². The highest BCUT2D eigenvalue weighted by Crippen LogP contribution is 2.37. The van der Waals surface area contributed by atoms with Gasteiger partial charge in [-0.05, 0) is 52.7 Å². The Kier molecular flexibility index (Phi) is 6.10. The molecule has 0 atom stereocenters. The Morgan fingerprint density at radius 1 is 1.25 bits per heavy atom. The van der Waals surface area contributed by atoms with E-state index < -0.39 is 0 Å². The summed E-state index contributed by atoms with van der Waals surface area (Å²) in [5.74, 6) is 0.860. The maximum atomic E-state index is 12.6. The Labute approximate surface area is 167 Å². The molecule has 0 aliphatic carbocycles. The van der Waals surface area contributed by atoms with Crippen molar-refractivity contribution in [2.24, 2.45) is 5.92 Å². The molecule has 3 rings (SSSR count). The maximum absolute atomic E-state index is 12.6. The molecule has 0 radical (unpaired) electrons. The van der Waals surface area contributed by atoms with Crippen LogP contribution in [-0.2, 0) is 0 Å². The largest absolute Gasteiger partial charge is 0.493 e. The van der Waals surface area contributed by atoms with E-state index in [-0.39, 0.29) is 5.91 Å². The van der Waals surface area contributed by atoms with Crippen molar-refractivity contribution in [1.29, 1.82) is 0 Å². The van der Waals surface area contributed by atoms with Crippen molar-refractivity contribution in [3.63, 3.8) is 0 Å². The summed E-state index contributed by atoms with van der Waals surface area (Å²) in [7, 11) is 1.51. The van der Waals surface area contributed by atoms with E-state index in [1.54, 1.807) is 36.4 Å². The van der Waals surface area contributed by atoms with Crippen LogP contribution in [0.4, 0.5) is 5.69 Å². The quantitative estimate of drug-likeness (QED) is 0.650. The number of tetrazole rings is 1. The number of benzene rings is 2. The number of nitrogens with zero attached hydrogens (tertiary/aromatic N) is 4. The lowest BCUT2D eigenvalue weighted by molar-refractivity contribution is 0.102.